The number of ether oxygens (including phenoxy) is 2. The fourth-order valence-electron chi connectivity index (χ4n) is 3.13. The fourth-order valence-corrected chi connectivity index (χ4v) is 4.34. The summed E-state index contributed by atoms with van der Waals surface area (Å²) in [5.41, 5.74) is 1.17. The minimum absolute atomic E-state index is 0.237. The predicted molar refractivity (Wildman–Crippen MR) is 114 cm³/mol. The minimum Gasteiger partial charge on any atom is -0.493 e. The highest BCUT2D eigenvalue weighted by molar-refractivity contribution is 7.92. The Morgan fingerprint density at radius 1 is 1.10 bits per heavy atom. The van der Waals surface area contributed by atoms with Crippen LogP contribution in [0.2, 0.25) is 0 Å². The standard InChI is InChI=1S/C21H27FN2O5S/c1-5-18(24(30(4,26)27)17-9-7-16(22)8-10-17)21(25)23-13-12-15-6-11-19(28-2)20(14-15)29-3/h6-11,14,18H,5,12-13H2,1-4H3,(H,23,25). The van der Waals surface area contributed by atoms with Gasteiger partial charge < -0.3 is 14.8 Å². The highest BCUT2D eigenvalue weighted by Gasteiger charge is 2.31. The van der Waals surface area contributed by atoms with E-state index >= 15 is 0 Å². The van der Waals surface area contributed by atoms with Crippen molar-refractivity contribution in [2.45, 2.75) is 25.8 Å². The van der Waals surface area contributed by atoms with E-state index in [2.05, 4.69) is 5.32 Å². The average molecular weight is 439 g/mol. The maximum absolute atomic E-state index is 13.3. The van der Waals surface area contributed by atoms with Crippen molar-refractivity contribution < 1.29 is 27.1 Å². The van der Waals surface area contributed by atoms with Gasteiger partial charge in [-0.15, -0.1) is 0 Å². The zero-order valence-corrected chi connectivity index (χ0v) is 18.3. The summed E-state index contributed by atoms with van der Waals surface area (Å²) in [6.07, 6.45) is 1.81. The first-order chi connectivity index (χ1) is 14.2. The molecule has 2 aromatic rings. The zero-order chi connectivity index (χ0) is 22.3. The number of nitrogens with zero attached hydrogens (tertiary/aromatic N) is 1. The summed E-state index contributed by atoms with van der Waals surface area (Å²) in [4.78, 5) is 12.8. The van der Waals surface area contributed by atoms with Gasteiger partial charge in [-0.2, -0.15) is 0 Å². The molecule has 1 N–H and O–H groups in total. The number of rotatable bonds is 10. The highest BCUT2D eigenvalue weighted by Crippen LogP contribution is 2.27. The van der Waals surface area contributed by atoms with E-state index in [0.717, 1.165) is 28.3 Å². The molecule has 7 nitrogen and oxygen atoms in total. The molecular formula is C21H27FN2O5S. The zero-order valence-electron chi connectivity index (χ0n) is 17.5. The number of hydrogen-bond donors (Lipinski definition) is 1. The molecule has 0 saturated carbocycles. The number of anilines is 1. The lowest BCUT2D eigenvalue weighted by molar-refractivity contribution is -0.122. The number of benzene rings is 2. The van der Waals surface area contributed by atoms with Crippen molar-refractivity contribution in [3.05, 3.63) is 53.8 Å². The minimum atomic E-state index is -3.76. The van der Waals surface area contributed by atoms with Crippen LogP contribution in [0.15, 0.2) is 42.5 Å². The number of amides is 1. The number of nitrogens with one attached hydrogen (secondary N) is 1. The summed E-state index contributed by atoms with van der Waals surface area (Å²) in [7, 11) is -0.662. The van der Waals surface area contributed by atoms with Gasteiger partial charge in [0.1, 0.15) is 11.9 Å². The third-order valence-electron chi connectivity index (χ3n) is 4.57. The van der Waals surface area contributed by atoms with Crippen LogP contribution in [0.1, 0.15) is 18.9 Å². The number of methoxy groups -OCH3 is 2. The largest absolute Gasteiger partial charge is 0.493 e. The third kappa shape index (κ3) is 5.85. The molecule has 9 heteroatoms. The number of halogens is 1. The van der Waals surface area contributed by atoms with Gasteiger partial charge in [0.2, 0.25) is 15.9 Å². The molecule has 0 aromatic heterocycles. The van der Waals surface area contributed by atoms with Gasteiger partial charge in [-0.3, -0.25) is 9.10 Å². The molecule has 0 aliphatic heterocycles. The van der Waals surface area contributed by atoms with Gasteiger partial charge in [0.15, 0.2) is 11.5 Å². The third-order valence-corrected chi connectivity index (χ3v) is 5.75. The van der Waals surface area contributed by atoms with E-state index in [4.69, 9.17) is 9.47 Å². The number of carbonyl (C=O) groups is 1. The molecule has 0 aliphatic carbocycles. The van der Waals surface area contributed by atoms with Crippen molar-refractivity contribution in [1.82, 2.24) is 5.32 Å². The Bertz CT molecular complexity index is 964. The van der Waals surface area contributed by atoms with E-state index in [1.807, 2.05) is 12.1 Å². The molecule has 0 saturated heterocycles. The number of carbonyl (C=O) groups excluding carboxylic acids is 1. The summed E-state index contributed by atoms with van der Waals surface area (Å²) in [6, 6.07) is 9.53. The van der Waals surface area contributed by atoms with Crippen LogP contribution in [-0.2, 0) is 21.2 Å². The second-order valence-electron chi connectivity index (χ2n) is 6.69. The molecule has 2 aromatic carbocycles. The predicted octanol–water partition coefficient (Wildman–Crippen LogP) is 2.75. The summed E-state index contributed by atoms with van der Waals surface area (Å²) < 4.78 is 49.5. The van der Waals surface area contributed by atoms with Crippen molar-refractivity contribution in [1.29, 1.82) is 0 Å². The lowest BCUT2D eigenvalue weighted by Crippen LogP contribution is -2.49. The molecular weight excluding hydrogens is 411 g/mol. The van der Waals surface area contributed by atoms with Crippen LogP contribution in [0.4, 0.5) is 10.1 Å². The summed E-state index contributed by atoms with van der Waals surface area (Å²) in [5.74, 6) is 0.291. The molecule has 0 aliphatic rings. The lowest BCUT2D eigenvalue weighted by Gasteiger charge is -2.30. The fraction of sp³-hybridized carbons (Fsp3) is 0.381. The Hall–Kier alpha value is -2.81. The molecule has 1 unspecified atom stereocenters. The Labute approximate surface area is 176 Å². The van der Waals surface area contributed by atoms with E-state index in [9.17, 15) is 17.6 Å². The second kappa shape index (κ2) is 10.3. The first kappa shape index (κ1) is 23.5. The molecule has 30 heavy (non-hydrogen) atoms. The maximum atomic E-state index is 13.3. The SMILES string of the molecule is CCC(C(=O)NCCc1ccc(OC)c(OC)c1)N(c1ccc(F)cc1)S(C)(=O)=O. The molecule has 1 atom stereocenters. The van der Waals surface area contributed by atoms with Crippen LogP contribution in [-0.4, -0.2) is 47.4 Å². The van der Waals surface area contributed by atoms with E-state index in [-0.39, 0.29) is 12.1 Å². The molecule has 164 valence electrons. The van der Waals surface area contributed by atoms with Crippen LogP contribution in [0.25, 0.3) is 0 Å². The first-order valence-electron chi connectivity index (χ1n) is 9.44. The quantitative estimate of drug-likeness (QED) is 0.617. The van der Waals surface area contributed by atoms with Crippen molar-refractivity contribution in [3.8, 4) is 11.5 Å². The van der Waals surface area contributed by atoms with E-state index < -0.39 is 27.8 Å². The van der Waals surface area contributed by atoms with Gasteiger partial charge in [-0.25, -0.2) is 12.8 Å². The van der Waals surface area contributed by atoms with Crippen LogP contribution < -0.4 is 19.1 Å². The molecule has 2 rings (SSSR count). The van der Waals surface area contributed by atoms with E-state index in [0.29, 0.717) is 24.5 Å². The van der Waals surface area contributed by atoms with Crippen LogP contribution >= 0.6 is 0 Å². The van der Waals surface area contributed by atoms with Crippen LogP contribution in [0.5, 0.6) is 11.5 Å². The smallest absolute Gasteiger partial charge is 0.243 e. The highest BCUT2D eigenvalue weighted by atomic mass is 32.2. The van der Waals surface area contributed by atoms with E-state index in [1.54, 1.807) is 27.2 Å². The normalized spacial score (nSPS) is 12.2. The van der Waals surface area contributed by atoms with Crippen molar-refractivity contribution in [2.75, 3.05) is 31.3 Å². The monoisotopic (exact) mass is 438 g/mol. The van der Waals surface area contributed by atoms with Gasteiger partial charge in [0, 0.05) is 6.54 Å². The Morgan fingerprint density at radius 3 is 2.27 bits per heavy atom. The summed E-state index contributed by atoms with van der Waals surface area (Å²) in [5, 5.41) is 2.79. The second-order valence-corrected chi connectivity index (χ2v) is 8.55. The molecule has 0 radical (unpaired) electrons. The Balaban J connectivity index is 2.11. The van der Waals surface area contributed by atoms with Gasteiger partial charge in [-0.05, 0) is 54.8 Å². The molecule has 1 amide bonds. The molecule has 0 spiro atoms. The number of sulfonamides is 1. The first-order valence-corrected chi connectivity index (χ1v) is 11.3. The molecule has 0 fully saturated rings. The Kier molecular flexibility index (Phi) is 8.05. The van der Waals surface area contributed by atoms with E-state index in [1.165, 1.54) is 12.1 Å². The Morgan fingerprint density at radius 2 is 1.73 bits per heavy atom. The average Bonchev–Trinajstić information content (AvgIpc) is 2.71. The van der Waals surface area contributed by atoms with Gasteiger partial charge in [0.25, 0.3) is 0 Å². The molecule has 0 bridgehead atoms. The van der Waals surface area contributed by atoms with Crippen LogP contribution in [0.3, 0.4) is 0 Å². The number of hydrogen-bond acceptors (Lipinski definition) is 5. The van der Waals surface area contributed by atoms with Gasteiger partial charge >= 0.3 is 0 Å². The van der Waals surface area contributed by atoms with Crippen LogP contribution in [0, 0.1) is 5.82 Å². The summed E-state index contributed by atoms with van der Waals surface area (Å²) >= 11 is 0. The maximum Gasteiger partial charge on any atom is 0.243 e. The lowest BCUT2D eigenvalue weighted by atomic mass is 10.1. The topological polar surface area (TPSA) is 84.9 Å². The van der Waals surface area contributed by atoms with Crippen molar-refractivity contribution >= 4 is 21.6 Å². The summed E-state index contributed by atoms with van der Waals surface area (Å²) in [6.45, 7) is 2.03. The van der Waals surface area contributed by atoms with Gasteiger partial charge in [-0.1, -0.05) is 13.0 Å². The van der Waals surface area contributed by atoms with Crippen molar-refractivity contribution in [3.63, 3.8) is 0 Å². The van der Waals surface area contributed by atoms with Crippen molar-refractivity contribution in [2.24, 2.45) is 0 Å². The molecule has 0 heterocycles. The van der Waals surface area contributed by atoms with Gasteiger partial charge in [0.05, 0.1) is 26.2 Å².